The van der Waals surface area contributed by atoms with Crippen molar-refractivity contribution in [2.24, 2.45) is 0 Å². The third-order valence-corrected chi connectivity index (χ3v) is 3.69. The monoisotopic (exact) mass is 356 g/mol. The Labute approximate surface area is 148 Å². The Hall–Kier alpha value is -3.12. The van der Waals surface area contributed by atoms with Gasteiger partial charge in [-0.25, -0.2) is 9.78 Å². The highest BCUT2D eigenvalue weighted by Crippen LogP contribution is 2.31. The van der Waals surface area contributed by atoms with E-state index in [2.05, 4.69) is 9.97 Å². The molecule has 0 aliphatic rings. The van der Waals surface area contributed by atoms with Crippen LogP contribution in [0.2, 0.25) is 5.02 Å². The molecule has 0 unspecified atom stereocenters. The summed E-state index contributed by atoms with van der Waals surface area (Å²) in [6.45, 7) is 0. The first-order valence-corrected chi connectivity index (χ1v) is 7.63. The molecular formula is C18H13ClN2O4. The van der Waals surface area contributed by atoms with Gasteiger partial charge in [0.05, 0.1) is 12.1 Å². The van der Waals surface area contributed by atoms with E-state index >= 15 is 0 Å². The molecule has 0 bridgehead atoms. The second kappa shape index (κ2) is 7.19. The van der Waals surface area contributed by atoms with Gasteiger partial charge in [0.25, 0.3) is 0 Å². The van der Waals surface area contributed by atoms with Gasteiger partial charge in [-0.3, -0.25) is 0 Å². The number of ether oxygens (including phenoxy) is 2. The minimum atomic E-state index is -1.19. The number of carbonyl (C=O) groups is 1. The number of carboxylic acid groups (broad SMARTS) is 1. The Balaban J connectivity index is 2.02. The molecule has 3 aromatic rings. The summed E-state index contributed by atoms with van der Waals surface area (Å²) in [4.78, 5) is 19.8. The van der Waals surface area contributed by atoms with E-state index in [0.717, 1.165) is 0 Å². The van der Waals surface area contributed by atoms with E-state index in [0.29, 0.717) is 27.9 Å². The summed E-state index contributed by atoms with van der Waals surface area (Å²) in [5, 5.41) is 9.68. The zero-order chi connectivity index (χ0) is 17.8. The molecule has 0 aliphatic heterocycles. The quantitative estimate of drug-likeness (QED) is 0.734. The fourth-order valence-electron chi connectivity index (χ4n) is 2.10. The predicted molar refractivity (Wildman–Crippen MR) is 92.5 cm³/mol. The maximum absolute atomic E-state index is 11.4. The van der Waals surface area contributed by atoms with Gasteiger partial charge in [0, 0.05) is 11.8 Å². The van der Waals surface area contributed by atoms with Crippen molar-refractivity contribution in [2.45, 2.75) is 0 Å². The van der Waals surface area contributed by atoms with Gasteiger partial charge in [-0.2, -0.15) is 4.98 Å². The van der Waals surface area contributed by atoms with Gasteiger partial charge in [0.2, 0.25) is 5.88 Å². The molecule has 0 atom stereocenters. The van der Waals surface area contributed by atoms with Crippen molar-refractivity contribution in [3.05, 3.63) is 65.3 Å². The molecule has 1 heterocycles. The molecule has 0 radical (unpaired) electrons. The van der Waals surface area contributed by atoms with E-state index < -0.39 is 5.97 Å². The van der Waals surface area contributed by atoms with Crippen molar-refractivity contribution in [3.8, 4) is 28.8 Å². The number of hydrogen-bond donors (Lipinski definition) is 1. The second-order valence-corrected chi connectivity index (χ2v) is 5.39. The van der Waals surface area contributed by atoms with Gasteiger partial charge >= 0.3 is 5.97 Å². The third kappa shape index (κ3) is 3.70. The van der Waals surface area contributed by atoms with Crippen LogP contribution in [0, 0.1) is 0 Å². The molecule has 6 nitrogen and oxygen atoms in total. The molecular weight excluding hydrogens is 344 g/mol. The smallest absolute Gasteiger partial charge is 0.342 e. The van der Waals surface area contributed by atoms with Crippen molar-refractivity contribution in [1.29, 1.82) is 0 Å². The average Bonchev–Trinajstić information content (AvgIpc) is 2.63. The Morgan fingerprint density at radius 1 is 1.12 bits per heavy atom. The zero-order valence-electron chi connectivity index (χ0n) is 13.1. The van der Waals surface area contributed by atoms with Gasteiger partial charge < -0.3 is 14.6 Å². The summed E-state index contributed by atoms with van der Waals surface area (Å²) < 4.78 is 10.7. The maximum Gasteiger partial charge on any atom is 0.342 e. The lowest BCUT2D eigenvalue weighted by Gasteiger charge is -2.10. The first-order valence-electron chi connectivity index (χ1n) is 7.25. The number of aromatic nitrogens is 2. The number of hydrogen-bond acceptors (Lipinski definition) is 5. The third-order valence-electron chi connectivity index (χ3n) is 3.38. The van der Waals surface area contributed by atoms with Crippen LogP contribution in [0.3, 0.4) is 0 Å². The average molecular weight is 357 g/mol. The van der Waals surface area contributed by atoms with E-state index in [1.165, 1.54) is 6.20 Å². The number of nitrogens with zero attached hydrogens (tertiary/aromatic N) is 2. The van der Waals surface area contributed by atoms with E-state index in [9.17, 15) is 9.90 Å². The lowest BCUT2D eigenvalue weighted by atomic mass is 10.2. The number of carboxylic acids is 1. The molecule has 126 valence electrons. The summed E-state index contributed by atoms with van der Waals surface area (Å²) in [5.74, 6) is 0.0592. The van der Waals surface area contributed by atoms with Crippen molar-refractivity contribution in [2.75, 3.05) is 7.11 Å². The van der Waals surface area contributed by atoms with Crippen LogP contribution in [0.4, 0.5) is 0 Å². The Bertz CT molecular complexity index is 913. The zero-order valence-corrected chi connectivity index (χ0v) is 13.9. The van der Waals surface area contributed by atoms with Crippen molar-refractivity contribution in [1.82, 2.24) is 9.97 Å². The fraction of sp³-hybridized carbons (Fsp3) is 0.0556. The van der Waals surface area contributed by atoms with E-state index in [1.54, 1.807) is 55.6 Å². The molecule has 0 saturated carbocycles. The summed E-state index contributed by atoms with van der Waals surface area (Å²) in [7, 11) is 1.57. The number of halogens is 1. The van der Waals surface area contributed by atoms with Crippen LogP contribution in [0.15, 0.2) is 54.7 Å². The number of benzene rings is 2. The first-order chi connectivity index (χ1) is 12.1. The number of aromatic carboxylic acids is 1. The van der Waals surface area contributed by atoms with Gasteiger partial charge in [0.1, 0.15) is 17.1 Å². The maximum atomic E-state index is 11.4. The normalized spacial score (nSPS) is 10.3. The minimum Gasteiger partial charge on any atom is -0.497 e. The van der Waals surface area contributed by atoms with Gasteiger partial charge in [-0.15, -0.1) is 0 Å². The molecule has 7 heteroatoms. The Morgan fingerprint density at radius 2 is 1.84 bits per heavy atom. The van der Waals surface area contributed by atoms with Gasteiger partial charge in [-0.1, -0.05) is 23.7 Å². The van der Waals surface area contributed by atoms with E-state index in [4.69, 9.17) is 21.1 Å². The number of rotatable bonds is 5. The number of methoxy groups -OCH3 is 1. The molecule has 0 fully saturated rings. The van der Waals surface area contributed by atoms with Crippen LogP contribution >= 0.6 is 11.6 Å². The predicted octanol–water partition coefficient (Wildman–Crippen LogP) is 4.30. The standard InChI is InChI=1S/C18H13ClN2O4/c1-24-12-8-6-11(7-9-12)16-20-10-13(18(22)23)17(21-16)25-15-5-3-2-4-14(15)19/h2-10H,1H3,(H,22,23). The molecule has 1 N–H and O–H groups in total. The van der Waals surface area contributed by atoms with Crippen LogP contribution in [0.5, 0.6) is 17.4 Å². The highest BCUT2D eigenvalue weighted by atomic mass is 35.5. The van der Waals surface area contributed by atoms with Crippen LogP contribution in [-0.4, -0.2) is 28.2 Å². The van der Waals surface area contributed by atoms with Crippen molar-refractivity contribution >= 4 is 17.6 Å². The molecule has 1 aromatic heterocycles. The molecule has 0 saturated heterocycles. The van der Waals surface area contributed by atoms with E-state index in [-0.39, 0.29) is 11.4 Å². The summed E-state index contributed by atoms with van der Waals surface area (Å²) in [6, 6.07) is 13.8. The fourth-order valence-corrected chi connectivity index (χ4v) is 2.28. The number of para-hydroxylation sites is 1. The largest absolute Gasteiger partial charge is 0.497 e. The SMILES string of the molecule is COc1ccc(-c2ncc(C(=O)O)c(Oc3ccccc3Cl)n2)cc1. The molecule has 0 spiro atoms. The Kier molecular flexibility index (Phi) is 4.81. The summed E-state index contributed by atoms with van der Waals surface area (Å²) in [6.07, 6.45) is 1.21. The second-order valence-electron chi connectivity index (χ2n) is 4.98. The van der Waals surface area contributed by atoms with Crippen LogP contribution in [0.25, 0.3) is 11.4 Å². The molecule has 25 heavy (non-hydrogen) atoms. The summed E-state index contributed by atoms with van der Waals surface area (Å²) in [5.41, 5.74) is 0.541. The molecule has 0 aliphatic carbocycles. The highest BCUT2D eigenvalue weighted by molar-refractivity contribution is 6.32. The van der Waals surface area contributed by atoms with Gasteiger partial charge in [-0.05, 0) is 36.4 Å². The van der Waals surface area contributed by atoms with Crippen LogP contribution < -0.4 is 9.47 Å². The minimum absolute atomic E-state index is 0.0820. The summed E-state index contributed by atoms with van der Waals surface area (Å²) >= 11 is 6.07. The molecule has 3 rings (SSSR count). The molecule has 0 amide bonds. The Morgan fingerprint density at radius 3 is 2.48 bits per heavy atom. The van der Waals surface area contributed by atoms with E-state index in [1.807, 2.05) is 0 Å². The molecule has 2 aromatic carbocycles. The van der Waals surface area contributed by atoms with Crippen molar-refractivity contribution < 1.29 is 19.4 Å². The van der Waals surface area contributed by atoms with Gasteiger partial charge in [0.15, 0.2) is 5.82 Å². The highest BCUT2D eigenvalue weighted by Gasteiger charge is 2.17. The topological polar surface area (TPSA) is 81.5 Å². The van der Waals surface area contributed by atoms with Crippen molar-refractivity contribution in [3.63, 3.8) is 0 Å². The van der Waals surface area contributed by atoms with Crippen LogP contribution in [0.1, 0.15) is 10.4 Å². The lowest BCUT2D eigenvalue weighted by Crippen LogP contribution is -2.05. The lowest BCUT2D eigenvalue weighted by molar-refractivity contribution is 0.0693. The first kappa shape index (κ1) is 16.7. The van der Waals surface area contributed by atoms with Crippen LogP contribution in [-0.2, 0) is 0 Å².